The first-order valence-corrected chi connectivity index (χ1v) is 15.0. The van der Waals surface area contributed by atoms with Crippen LogP contribution in [0.5, 0.6) is 0 Å². The molecule has 2 rings (SSSR count). The van der Waals surface area contributed by atoms with E-state index < -0.39 is 0 Å². The fraction of sp³-hybridized carbons (Fsp3) is 0.833. The van der Waals surface area contributed by atoms with Crippen LogP contribution in [0.2, 0.25) is 0 Å². The van der Waals surface area contributed by atoms with Gasteiger partial charge < -0.3 is 25.2 Å². The van der Waals surface area contributed by atoms with Crippen molar-refractivity contribution in [2.24, 2.45) is 5.92 Å². The van der Waals surface area contributed by atoms with Crippen LogP contribution < -0.4 is 10.6 Å². The van der Waals surface area contributed by atoms with Gasteiger partial charge in [-0.15, -0.1) is 0 Å². The normalized spacial score (nSPS) is 17.3. The van der Waals surface area contributed by atoms with Crippen molar-refractivity contribution >= 4 is 18.2 Å². The standard InChI is InChI=1S/C19H34N4O4.C8H17N.C3H8/c1-15(2)17(22(4)18(25)13-20-14-24)12-16(3)19(26)21-6-5-7-23-8-10-27-11-9-23;1-8(2)9-6-4-3-5-7-9;1-3-2/h12,14-15,17H,5-11,13H2,1-4H3,(H,20,24)(H,21,26);8H,3-7H2,1-2H3;3H2,1-2H3/b16-12+;;/t17-;;/m1../s1. The number of ether oxygens (including phenoxy) is 1. The van der Waals surface area contributed by atoms with E-state index in [0.29, 0.717) is 18.5 Å². The Bertz CT molecular complexity index is 687. The SMILES string of the molecule is C/C(=C\[C@H](C(C)C)N(C)C(=O)CNC=O)C(=O)NCCCN1CCOCC1.CC(C)N1CCCCC1.CCC. The van der Waals surface area contributed by atoms with Crippen LogP contribution in [0.3, 0.4) is 0 Å². The summed E-state index contributed by atoms with van der Waals surface area (Å²) in [6, 6.07) is 0.551. The maximum absolute atomic E-state index is 12.3. The number of hydrogen-bond acceptors (Lipinski definition) is 6. The highest BCUT2D eigenvalue weighted by molar-refractivity contribution is 5.93. The molecule has 2 aliphatic heterocycles. The van der Waals surface area contributed by atoms with Crippen molar-refractivity contribution in [2.45, 2.75) is 92.7 Å². The van der Waals surface area contributed by atoms with E-state index in [4.69, 9.17) is 4.74 Å². The summed E-state index contributed by atoms with van der Waals surface area (Å²) in [7, 11) is 1.68. The Hall–Kier alpha value is -1.97. The van der Waals surface area contributed by atoms with Crippen molar-refractivity contribution in [3.05, 3.63) is 11.6 Å². The molecule has 0 aromatic rings. The van der Waals surface area contributed by atoms with E-state index >= 15 is 0 Å². The summed E-state index contributed by atoms with van der Waals surface area (Å²) >= 11 is 0. The van der Waals surface area contributed by atoms with Gasteiger partial charge in [0.15, 0.2) is 0 Å². The highest BCUT2D eigenvalue weighted by Crippen LogP contribution is 2.14. The number of carbonyl (C=O) groups excluding carboxylic acids is 3. The highest BCUT2D eigenvalue weighted by Gasteiger charge is 2.22. The average molecular weight is 554 g/mol. The number of carbonyl (C=O) groups is 3. The molecule has 0 aromatic carbocycles. The quantitative estimate of drug-likeness (QED) is 0.219. The molecule has 228 valence electrons. The third-order valence-corrected chi connectivity index (χ3v) is 6.80. The summed E-state index contributed by atoms with van der Waals surface area (Å²) < 4.78 is 5.32. The minimum absolute atomic E-state index is 0.0517. The first-order valence-electron chi connectivity index (χ1n) is 15.0. The molecule has 0 aliphatic carbocycles. The van der Waals surface area contributed by atoms with Gasteiger partial charge in [0.1, 0.15) is 0 Å². The van der Waals surface area contributed by atoms with E-state index in [1.54, 1.807) is 18.9 Å². The van der Waals surface area contributed by atoms with E-state index in [-0.39, 0.29) is 30.3 Å². The van der Waals surface area contributed by atoms with Crippen LogP contribution in [0.15, 0.2) is 11.6 Å². The van der Waals surface area contributed by atoms with Crippen molar-refractivity contribution in [3.8, 4) is 0 Å². The molecule has 2 heterocycles. The molecule has 0 bridgehead atoms. The van der Waals surface area contributed by atoms with E-state index in [1.807, 2.05) is 19.9 Å². The Balaban J connectivity index is 0.000000990. The summed E-state index contributed by atoms with van der Waals surface area (Å²) in [6.45, 7) is 22.2. The smallest absolute Gasteiger partial charge is 0.246 e. The Kier molecular flexibility index (Phi) is 21.7. The molecule has 2 N–H and O–H groups in total. The Morgan fingerprint density at radius 2 is 1.59 bits per heavy atom. The van der Waals surface area contributed by atoms with Crippen molar-refractivity contribution in [1.29, 1.82) is 0 Å². The third-order valence-electron chi connectivity index (χ3n) is 6.80. The number of likely N-dealkylation sites (N-methyl/N-ethyl adjacent to an activating group) is 1. The Morgan fingerprint density at radius 3 is 2.08 bits per heavy atom. The zero-order chi connectivity index (χ0) is 29.6. The van der Waals surface area contributed by atoms with E-state index in [2.05, 4.69) is 48.1 Å². The number of amides is 3. The molecule has 0 spiro atoms. The number of hydrogen-bond donors (Lipinski definition) is 2. The Morgan fingerprint density at radius 1 is 1.00 bits per heavy atom. The fourth-order valence-corrected chi connectivity index (χ4v) is 4.41. The zero-order valence-electron chi connectivity index (χ0n) is 26.3. The molecule has 0 aromatic heterocycles. The van der Waals surface area contributed by atoms with Gasteiger partial charge in [-0.2, -0.15) is 0 Å². The van der Waals surface area contributed by atoms with Crippen LogP contribution in [-0.4, -0.2) is 111 Å². The molecule has 9 nitrogen and oxygen atoms in total. The highest BCUT2D eigenvalue weighted by atomic mass is 16.5. The van der Waals surface area contributed by atoms with Gasteiger partial charge in [-0.05, 0) is 65.6 Å². The summed E-state index contributed by atoms with van der Waals surface area (Å²) in [5.41, 5.74) is 0.586. The fourth-order valence-electron chi connectivity index (χ4n) is 4.41. The van der Waals surface area contributed by atoms with Gasteiger partial charge in [-0.1, -0.05) is 46.6 Å². The summed E-state index contributed by atoms with van der Waals surface area (Å²) in [6.07, 6.45) is 8.74. The molecule has 0 radical (unpaired) electrons. The van der Waals surface area contributed by atoms with Crippen LogP contribution in [0.4, 0.5) is 0 Å². The molecule has 1 atom stereocenters. The number of nitrogens with one attached hydrogen (secondary N) is 2. The third kappa shape index (κ3) is 17.4. The molecule has 9 heteroatoms. The van der Waals surface area contributed by atoms with Gasteiger partial charge in [0, 0.05) is 38.3 Å². The van der Waals surface area contributed by atoms with Crippen molar-refractivity contribution in [1.82, 2.24) is 25.3 Å². The molecule has 3 amide bonds. The molecule has 0 saturated carbocycles. The summed E-state index contributed by atoms with van der Waals surface area (Å²) in [5.74, 6) is -0.176. The lowest BCUT2D eigenvalue weighted by Gasteiger charge is -2.29. The topological polar surface area (TPSA) is 94.2 Å². The lowest BCUT2D eigenvalue weighted by atomic mass is 10.00. The van der Waals surface area contributed by atoms with Crippen LogP contribution in [-0.2, 0) is 19.1 Å². The van der Waals surface area contributed by atoms with E-state index in [9.17, 15) is 14.4 Å². The van der Waals surface area contributed by atoms with Crippen LogP contribution >= 0.6 is 0 Å². The molecule has 2 aliphatic rings. The zero-order valence-corrected chi connectivity index (χ0v) is 26.3. The first-order chi connectivity index (χ1) is 18.6. The largest absolute Gasteiger partial charge is 0.379 e. The summed E-state index contributed by atoms with van der Waals surface area (Å²) in [4.78, 5) is 41.3. The minimum Gasteiger partial charge on any atom is -0.379 e. The molecule has 2 saturated heterocycles. The van der Waals surface area contributed by atoms with Gasteiger partial charge in [0.2, 0.25) is 18.2 Å². The van der Waals surface area contributed by atoms with Crippen molar-refractivity contribution in [2.75, 3.05) is 66.1 Å². The second kappa shape index (κ2) is 22.8. The average Bonchev–Trinajstić information content (AvgIpc) is 2.93. The molecular weight excluding hydrogens is 494 g/mol. The summed E-state index contributed by atoms with van der Waals surface area (Å²) in [5, 5.41) is 5.32. The molecule has 0 unspecified atom stereocenters. The van der Waals surface area contributed by atoms with Crippen LogP contribution in [0.25, 0.3) is 0 Å². The van der Waals surface area contributed by atoms with Crippen molar-refractivity contribution < 1.29 is 19.1 Å². The van der Waals surface area contributed by atoms with Gasteiger partial charge in [-0.25, -0.2) is 0 Å². The first kappa shape index (κ1) is 37.0. The predicted octanol–water partition coefficient (Wildman–Crippen LogP) is 3.30. The Labute approximate surface area is 239 Å². The van der Waals surface area contributed by atoms with Crippen molar-refractivity contribution in [3.63, 3.8) is 0 Å². The number of likely N-dealkylation sites (tertiary alicyclic amines) is 1. The second-order valence-electron chi connectivity index (χ2n) is 11.0. The lowest BCUT2D eigenvalue weighted by Crippen LogP contribution is -2.43. The molecule has 39 heavy (non-hydrogen) atoms. The van der Waals surface area contributed by atoms with Crippen LogP contribution in [0, 0.1) is 5.92 Å². The molecule has 2 fully saturated rings. The molecular formula is C30H59N5O4. The minimum atomic E-state index is -0.218. The van der Waals surface area contributed by atoms with Gasteiger partial charge in [-0.3, -0.25) is 19.3 Å². The number of piperidine rings is 1. The van der Waals surface area contributed by atoms with E-state index in [0.717, 1.165) is 45.3 Å². The van der Waals surface area contributed by atoms with Gasteiger partial charge in [0.25, 0.3) is 0 Å². The predicted molar refractivity (Wildman–Crippen MR) is 161 cm³/mol. The monoisotopic (exact) mass is 553 g/mol. The number of morpholine rings is 1. The number of rotatable bonds is 12. The van der Waals surface area contributed by atoms with Gasteiger partial charge in [0.05, 0.1) is 25.8 Å². The number of nitrogens with zero attached hydrogens (tertiary/aromatic N) is 3. The van der Waals surface area contributed by atoms with Gasteiger partial charge >= 0.3 is 0 Å². The van der Waals surface area contributed by atoms with Crippen LogP contribution in [0.1, 0.15) is 80.6 Å². The maximum atomic E-state index is 12.3. The second-order valence-corrected chi connectivity index (χ2v) is 11.0. The maximum Gasteiger partial charge on any atom is 0.246 e. The van der Waals surface area contributed by atoms with E-state index in [1.165, 1.54) is 38.8 Å². The lowest BCUT2D eigenvalue weighted by molar-refractivity contribution is -0.132.